The summed E-state index contributed by atoms with van der Waals surface area (Å²) in [6.07, 6.45) is 13.7. The van der Waals surface area contributed by atoms with Crippen molar-refractivity contribution in [1.29, 1.82) is 0 Å². The molecular formula is C17H37BrOSi. The van der Waals surface area contributed by atoms with Gasteiger partial charge in [-0.2, -0.15) is 0 Å². The minimum Gasteiger partial charge on any atom is -0.408 e. The number of hydrogen-bond donors (Lipinski definition) is 0. The van der Waals surface area contributed by atoms with E-state index in [4.69, 9.17) is 4.43 Å². The first-order valence-electron chi connectivity index (χ1n) is 8.61. The Hall–Kier alpha value is 0.657. The Kier molecular flexibility index (Phi) is 12.6. The van der Waals surface area contributed by atoms with Crippen molar-refractivity contribution in [3.8, 4) is 0 Å². The van der Waals surface area contributed by atoms with Crippen LogP contribution in [-0.4, -0.2) is 14.1 Å². The zero-order valence-electron chi connectivity index (χ0n) is 14.5. The van der Waals surface area contributed by atoms with Crippen LogP contribution in [0.3, 0.4) is 0 Å². The van der Waals surface area contributed by atoms with Crippen LogP contribution in [0.2, 0.25) is 13.1 Å². The number of unbranched alkanes of at least 4 members (excludes halogenated alkanes) is 7. The number of hydrogen-bond acceptors (Lipinski definition) is 1. The van der Waals surface area contributed by atoms with Crippen LogP contribution in [0.15, 0.2) is 0 Å². The second-order valence-electron chi connectivity index (χ2n) is 7.52. The average molecular weight is 365 g/mol. The molecule has 0 spiro atoms. The molecule has 0 aromatic rings. The summed E-state index contributed by atoms with van der Waals surface area (Å²) in [6.45, 7) is 11.5. The predicted octanol–water partition coefficient (Wildman–Crippen LogP) is 6.65. The molecule has 0 aliphatic rings. The smallest absolute Gasteiger partial charge is 0.172 e. The van der Waals surface area contributed by atoms with Crippen LogP contribution < -0.4 is 0 Å². The molecule has 0 bridgehead atoms. The summed E-state index contributed by atoms with van der Waals surface area (Å²) in [6, 6.07) is 0. The molecule has 1 atom stereocenters. The van der Waals surface area contributed by atoms with Crippen molar-refractivity contribution in [3.05, 3.63) is 0 Å². The summed E-state index contributed by atoms with van der Waals surface area (Å²) in [5.74, 6) is 0. The van der Waals surface area contributed by atoms with E-state index in [9.17, 15) is 0 Å². The lowest BCUT2D eigenvalue weighted by Gasteiger charge is -2.17. The molecule has 0 saturated carbocycles. The third-order valence-electron chi connectivity index (χ3n) is 3.53. The summed E-state index contributed by atoms with van der Waals surface area (Å²) in [5, 5.41) is 0.312. The molecule has 0 saturated heterocycles. The van der Waals surface area contributed by atoms with Gasteiger partial charge in [0, 0.05) is 0 Å². The standard InChI is InChI=1S/C17H37BrOSi/c1-17(2,3)15-13-11-9-7-6-8-10-12-14-16(18)19-20(4)5/h16,20H,6-15H2,1-5H3. The fraction of sp³-hybridized carbons (Fsp3) is 1.00. The van der Waals surface area contributed by atoms with Gasteiger partial charge < -0.3 is 4.43 Å². The van der Waals surface area contributed by atoms with Crippen molar-refractivity contribution in [2.75, 3.05) is 0 Å². The summed E-state index contributed by atoms with van der Waals surface area (Å²) >= 11 is 3.62. The number of halogens is 1. The van der Waals surface area contributed by atoms with E-state index in [2.05, 4.69) is 49.8 Å². The van der Waals surface area contributed by atoms with Crippen molar-refractivity contribution in [2.45, 2.75) is 103 Å². The van der Waals surface area contributed by atoms with E-state index in [1.54, 1.807) is 0 Å². The van der Waals surface area contributed by atoms with Crippen LogP contribution in [0.5, 0.6) is 0 Å². The summed E-state index contributed by atoms with van der Waals surface area (Å²) in [5.41, 5.74) is 0.521. The summed E-state index contributed by atoms with van der Waals surface area (Å²) < 4.78 is 5.81. The fourth-order valence-corrected chi connectivity index (χ4v) is 4.73. The van der Waals surface area contributed by atoms with Gasteiger partial charge in [-0.1, -0.05) is 88.1 Å². The van der Waals surface area contributed by atoms with Crippen molar-refractivity contribution in [2.24, 2.45) is 5.41 Å². The van der Waals surface area contributed by atoms with Gasteiger partial charge >= 0.3 is 0 Å². The fourth-order valence-electron chi connectivity index (χ4n) is 2.38. The summed E-state index contributed by atoms with van der Waals surface area (Å²) in [7, 11) is -0.869. The quantitative estimate of drug-likeness (QED) is 0.214. The number of rotatable bonds is 12. The highest BCUT2D eigenvalue weighted by atomic mass is 79.9. The Morgan fingerprint density at radius 3 is 1.75 bits per heavy atom. The predicted molar refractivity (Wildman–Crippen MR) is 98.3 cm³/mol. The highest BCUT2D eigenvalue weighted by molar-refractivity contribution is 9.09. The Balaban J connectivity index is 3.17. The normalized spacial score (nSPS) is 13.9. The minimum absolute atomic E-state index is 0.312. The molecule has 0 aliphatic heterocycles. The van der Waals surface area contributed by atoms with E-state index in [1.807, 2.05) is 0 Å². The zero-order chi connectivity index (χ0) is 15.4. The van der Waals surface area contributed by atoms with Gasteiger partial charge in [0.1, 0.15) is 5.01 Å². The van der Waals surface area contributed by atoms with Gasteiger partial charge in [0.05, 0.1) is 0 Å². The zero-order valence-corrected chi connectivity index (χ0v) is 17.3. The van der Waals surface area contributed by atoms with Crippen LogP contribution in [-0.2, 0) is 4.43 Å². The second kappa shape index (κ2) is 12.2. The van der Waals surface area contributed by atoms with E-state index in [0.717, 1.165) is 0 Å². The molecule has 0 N–H and O–H groups in total. The molecule has 0 aromatic carbocycles. The number of alkyl halides is 1. The van der Waals surface area contributed by atoms with E-state index in [1.165, 1.54) is 64.2 Å². The average Bonchev–Trinajstić information content (AvgIpc) is 2.29. The van der Waals surface area contributed by atoms with E-state index in [0.29, 0.717) is 10.4 Å². The topological polar surface area (TPSA) is 9.23 Å². The van der Waals surface area contributed by atoms with E-state index < -0.39 is 9.04 Å². The van der Waals surface area contributed by atoms with Crippen molar-refractivity contribution in [3.63, 3.8) is 0 Å². The lowest BCUT2D eigenvalue weighted by atomic mass is 9.89. The lowest BCUT2D eigenvalue weighted by Crippen LogP contribution is -2.14. The molecule has 0 rings (SSSR count). The monoisotopic (exact) mass is 364 g/mol. The van der Waals surface area contributed by atoms with Gasteiger partial charge in [-0.05, 0) is 31.4 Å². The van der Waals surface area contributed by atoms with Gasteiger partial charge in [0.2, 0.25) is 0 Å². The molecule has 0 aromatic heterocycles. The molecule has 0 aliphatic carbocycles. The molecule has 1 unspecified atom stereocenters. The summed E-state index contributed by atoms with van der Waals surface area (Å²) in [4.78, 5) is 0. The highest BCUT2D eigenvalue weighted by Crippen LogP contribution is 2.22. The minimum atomic E-state index is -0.869. The molecule has 1 nitrogen and oxygen atoms in total. The Morgan fingerprint density at radius 1 is 0.850 bits per heavy atom. The molecule has 3 heteroatoms. The van der Waals surface area contributed by atoms with Crippen molar-refractivity contribution >= 4 is 25.0 Å². The Labute approximate surface area is 138 Å². The maximum atomic E-state index is 5.81. The molecular weight excluding hydrogens is 328 g/mol. The van der Waals surface area contributed by atoms with Crippen LogP contribution in [0.25, 0.3) is 0 Å². The molecule has 20 heavy (non-hydrogen) atoms. The maximum absolute atomic E-state index is 5.81. The van der Waals surface area contributed by atoms with Crippen LogP contribution >= 0.6 is 15.9 Å². The second-order valence-corrected chi connectivity index (χ2v) is 10.9. The van der Waals surface area contributed by atoms with Crippen LogP contribution in [0.4, 0.5) is 0 Å². The van der Waals surface area contributed by atoms with Gasteiger partial charge in [0.25, 0.3) is 0 Å². The Morgan fingerprint density at radius 2 is 1.30 bits per heavy atom. The first kappa shape index (κ1) is 20.7. The van der Waals surface area contributed by atoms with Gasteiger partial charge in [-0.25, -0.2) is 0 Å². The largest absolute Gasteiger partial charge is 0.408 e. The molecule has 0 radical (unpaired) electrons. The van der Waals surface area contributed by atoms with Crippen LogP contribution in [0, 0.1) is 5.41 Å². The first-order chi connectivity index (χ1) is 9.31. The lowest BCUT2D eigenvalue weighted by molar-refractivity contribution is 0.284. The molecule has 0 heterocycles. The van der Waals surface area contributed by atoms with Crippen molar-refractivity contribution < 1.29 is 4.43 Å². The SMILES string of the molecule is C[SiH](C)OC(Br)CCCCCCCCCCC(C)(C)C. The molecule has 0 fully saturated rings. The Bertz CT molecular complexity index is 214. The molecule has 0 amide bonds. The third-order valence-corrected chi connectivity index (χ3v) is 5.47. The van der Waals surface area contributed by atoms with Crippen molar-refractivity contribution in [1.82, 2.24) is 0 Å². The van der Waals surface area contributed by atoms with E-state index >= 15 is 0 Å². The first-order valence-corrected chi connectivity index (χ1v) is 12.3. The van der Waals surface area contributed by atoms with Gasteiger partial charge in [-0.15, -0.1) is 0 Å². The maximum Gasteiger partial charge on any atom is 0.172 e. The highest BCUT2D eigenvalue weighted by Gasteiger charge is 2.08. The van der Waals surface area contributed by atoms with Gasteiger partial charge in [-0.3, -0.25) is 0 Å². The van der Waals surface area contributed by atoms with Crippen LogP contribution in [0.1, 0.15) is 85.0 Å². The van der Waals surface area contributed by atoms with E-state index in [-0.39, 0.29) is 0 Å². The van der Waals surface area contributed by atoms with Gasteiger partial charge in [0.15, 0.2) is 9.04 Å². The third kappa shape index (κ3) is 16.7. The molecule has 122 valence electrons.